The summed E-state index contributed by atoms with van der Waals surface area (Å²) in [4.78, 5) is 21.8. The number of carbonyl (C=O) groups is 1. The molecule has 0 aromatic heterocycles. The normalized spacial score (nSPS) is 18.9. The molecule has 2 aromatic rings. The maximum atomic E-state index is 12.4. The molecule has 2 aliphatic rings. The lowest BCUT2D eigenvalue weighted by atomic mass is 10.1. The summed E-state index contributed by atoms with van der Waals surface area (Å²) in [5.74, 6) is -0.686. The van der Waals surface area contributed by atoms with E-state index in [1.165, 1.54) is 36.4 Å². The van der Waals surface area contributed by atoms with E-state index in [4.69, 9.17) is 14.0 Å². The van der Waals surface area contributed by atoms with Crippen molar-refractivity contribution < 1.29 is 32.3 Å². The largest absolute Gasteiger partial charge is 0.871 e. The lowest BCUT2D eigenvalue weighted by molar-refractivity contribution is -0.244. The third-order valence-electron chi connectivity index (χ3n) is 4.12. The van der Waals surface area contributed by atoms with Gasteiger partial charge in [0.25, 0.3) is 0 Å². The first kappa shape index (κ1) is 18.6. The zero-order chi connectivity index (χ0) is 20.4. The number of Topliss-reactive ketones (excluding diaryl/α,β-unsaturated/α-hetero) is 1. The standard InChI is InChI=1S/C21H14O7S/c22-20-14-8-4-6-10-16(14)26-27-18(20)12-2-1-3-13-19-21(23)15-9-5-7-11-17(15)28-29(19,24)25/h1-13,23H/p-1/b2-1?,13-3?,18-12-. The molecule has 0 radical (unpaired) electrons. The Bertz CT molecular complexity index is 1220. The van der Waals surface area contributed by atoms with Gasteiger partial charge < -0.3 is 9.29 Å². The van der Waals surface area contributed by atoms with E-state index in [9.17, 15) is 18.3 Å². The molecule has 0 amide bonds. The van der Waals surface area contributed by atoms with Gasteiger partial charge in [-0.05, 0) is 30.4 Å². The summed E-state index contributed by atoms with van der Waals surface area (Å²) in [6.07, 6.45) is 6.76. The molecule has 0 unspecified atom stereocenters. The van der Waals surface area contributed by atoms with Crippen molar-refractivity contribution in [3.05, 3.63) is 101 Å². The van der Waals surface area contributed by atoms with Gasteiger partial charge in [0.1, 0.15) is 5.75 Å². The van der Waals surface area contributed by atoms with Crippen LogP contribution in [-0.2, 0) is 15.0 Å². The van der Waals surface area contributed by atoms with E-state index in [-0.39, 0.29) is 22.9 Å². The lowest BCUT2D eigenvalue weighted by Gasteiger charge is -2.25. The fraction of sp³-hybridized carbons (Fsp3) is 0. The van der Waals surface area contributed by atoms with Crippen molar-refractivity contribution in [2.24, 2.45) is 0 Å². The van der Waals surface area contributed by atoms with Crippen LogP contribution in [0.15, 0.2) is 89.6 Å². The molecule has 0 bridgehead atoms. The van der Waals surface area contributed by atoms with Crippen LogP contribution in [0.4, 0.5) is 0 Å². The zero-order valence-electron chi connectivity index (χ0n) is 14.8. The second-order valence-corrected chi connectivity index (χ2v) is 7.51. The van der Waals surface area contributed by atoms with Crippen molar-refractivity contribution >= 4 is 21.7 Å². The first-order valence-corrected chi connectivity index (χ1v) is 9.87. The van der Waals surface area contributed by atoms with Gasteiger partial charge in [-0.2, -0.15) is 8.42 Å². The maximum absolute atomic E-state index is 12.4. The summed E-state index contributed by atoms with van der Waals surface area (Å²) in [7, 11) is -4.20. The average Bonchev–Trinajstić information content (AvgIpc) is 2.71. The third kappa shape index (κ3) is 3.53. The molecule has 0 atom stereocenters. The highest BCUT2D eigenvalue weighted by Crippen LogP contribution is 2.34. The SMILES string of the molecule is O=C1/C(=C/C=CC=CC2=C([O-])c3ccccc3OS2(=O)=O)OOc2ccccc21. The Hall–Kier alpha value is -3.78. The minimum absolute atomic E-state index is 0.00293. The van der Waals surface area contributed by atoms with Gasteiger partial charge in [0.15, 0.2) is 5.75 Å². The quantitative estimate of drug-likeness (QED) is 0.332. The second kappa shape index (κ2) is 7.33. The van der Waals surface area contributed by atoms with Gasteiger partial charge >= 0.3 is 10.1 Å². The molecular formula is C21H13O7S-. The Balaban J connectivity index is 1.54. The number of hydrogen-bond acceptors (Lipinski definition) is 7. The van der Waals surface area contributed by atoms with Crippen LogP contribution in [0, 0.1) is 0 Å². The van der Waals surface area contributed by atoms with Gasteiger partial charge in [-0.3, -0.25) is 14.6 Å². The van der Waals surface area contributed by atoms with Crippen molar-refractivity contribution in [2.45, 2.75) is 0 Å². The van der Waals surface area contributed by atoms with Crippen LogP contribution in [0.5, 0.6) is 11.5 Å². The van der Waals surface area contributed by atoms with Crippen LogP contribution in [-0.4, -0.2) is 14.2 Å². The van der Waals surface area contributed by atoms with E-state index in [0.29, 0.717) is 11.3 Å². The van der Waals surface area contributed by atoms with Crippen LogP contribution in [0.25, 0.3) is 5.76 Å². The van der Waals surface area contributed by atoms with Crippen molar-refractivity contribution in [2.75, 3.05) is 0 Å². The highest BCUT2D eigenvalue weighted by atomic mass is 32.2. The Kier molecular flexibility index (Phi) is 4.69. The van der Waals surface area contributed by atoms with Crippen molar-refractivity contribution in [1.29, 1.82) is 0 Å². The van der Waals surface area contributed by atoms with Crippen LogP contribution >= 0.6 is 0 Å². The molecule has 4 rings (SSSR count). The number of carbonyl (C=O) groups excluding carboxylic acids is 1. The Morgan fingerprint density at radius 3 is 2.31 bits per heavy atom. The third-order valence-corrected chi connectivity index (χ3v) is 5.38. The molecule has 29 heavy (non-hydrogen) atoms. The van der Waals surface area contributed by atoms with Gasteiger partial charge in [0, 0.05) is 5.56 Å². The van der Waals surface area contributed by atoms with Crippen molar-refractivity contribution in [3.8, 4) is 11.5 Å². The van der Waals surface area contributed by atoms with E-state index in [2.05, 4.69) is 0 Å². The molecular weight excluding hydrogens is 396 g/mol. The average molecular weight is 409 g/mol. The summed E-state index contributed by atoms with van der Waals surface area (Å²) in [6.45, 7) is 0. The number of benzene rings is 2. The molecule has 8 heteroatoms. The first-order valence-electron chi connectivity index (χ1n) is 8.46. The fourth-order valence-corrected chi connectivity index (χ4v) is 3.79. The molecule has 0 fully saturated rings. The van der Waals surface area contributed by atoms with E-state index >= 15 is 0 Å². The highest BCUT2D eigenvalue weighted by molar-refractivity contribution is 7.91. The summed E-state index contributed by atoms with van der Waals surface area (Å²) < 4.78 is 29.3. The molecule has 2 heterocycles. The summed E-state index contributed by atoms with van der Waals surface area (Å²) in [6, 6.07) is 12.8. The van der Waals surface area contributed by atoms with E-state index in [1.807, 2.05) is 0 Å². The first-order chi connectivity index (χ1) is 14.0. The fourth-order valence-electron chi connectivity index (χ4n) is 2.74. The lowest BCUT2D eigenvalue weighted by Crippen LogP contribution is -2.22. The van der Waals surface area contributed by atoms with Gasteiger partial charge in [0.2, 0.25) is 11.5 Å². The van der Waals surface area contributed by atoms with Crippen LogP contribution in [0.2, 0.25) is 0 Å². The minimum atomic E-state index is -4.20. The smallest absolute Gasteiger partial charge is 0.338 e. The number of ketones is 1. The number of rotatable bonds is 3. The van der Waals surface area contributed by atoms with E-state index in [1.54, 1.807) is 36.4 Å². The van der Waals surface area contributed by atoms with Crippen molar-refractivity contribution in [3.63, 3.8) is 0 Å². The summed E-state index contributed by atoms with van der Waals surface area (Å²) >= 11 is 0. The van der Waals surface area contributed by atoms with Crippen LogP contribution in [0.3, 0.4) is 0 Å². The topological polar surface area (TPSA) is 102 Å². The van der Waals surface area contributed by atoms with Crippen molar-refractivity contribution in [1.82, 2.24) is 0 Å². The number of allylic oxidation sites excluding steroid dienone is 6. The predicted octanol–water partition coefficient (Wildman–Crippen LogP) is 2.64. The molecule has 7 nitrogen and oxygen atoms in total. The Morgan fingerprint density at radius 2 is 1.52 bits per heavy atom. The number of para-hydroxylation sites is 2. The van der Waals surface area contributed by atoms with Crippen LogP contribution < -0.4 is 14.2 Å². The minimum Gasteiger partial charge on any atom is -0.871 e. The van der Waals surface area contributed by atoms with Gasteiger partial charge in [-0.15, -0.1) is 0 Å². The molecule has 2 aromatic carbocycles. The molecule has 2 aliphatic heterocycles. The molecule has 0 saturated carbocycles. The Morgan fingerprint density at radius 1 is 0.828 bits per heavy atom. The van der Waals surface area contributed by atoms with Gasteiger partial charge in [0.05, 0.1) is 10.5 Å². The van der Waals surface area contributed by atoms with Gasteiger partial charge in [-0.1, -0.05) is 54.3 Å². The predicted molar refractivity (Wildman–Crippen MR) is 102 cm³/mol. The monoisotopic (exact) mass is 409 g/mol. The maximum Gasteiger partial charge on any atom is 0.338 e. The highest BCUT2D eigenvalue weighted by Gasteiger charge is 2.26. The summed E-state index contributed by atoms with van der Waals surface area (Å²) in [5, 5.41) is 12.4. The number of hydrogen-bond donors (Lipinski definition) is 0. The molecule has 0 aliphatic carbocycles. The van der Waals surface area contributed by atoms with E-state index < -0.39 is 20.8 Å². The summed E-state index contributed by atoms with van der Waals surface area (Å²) in [5.41, 5.74) is 0.546. The second-order valence-electron chi connectivity index (χ2n) is 5.99. The Labute approximate surface area is 166 Å². The van der Waals surface area contributed by atoms with Crippen LogP contribution in [0.1, 0.15) is 15.9 Å². The zero-order valence-corrected chi connectivity index (χ0v) is 15.6. The molecule has 0 N–H and O–H groups in total. The van der Waals surface area contributed by atoms with E-state index in [0.717, 1.165) is 6.08 Å². The molecule has 146 valence electrons. The molecule has 0 spiro atoms. The number of fused-ring (bicyclic) bond motifs is 2. The van der Waals surface area contributed by atoms with Gasteiger partial charge in [-0.25, -0.2) is 0 Å². The molecule has 0 saturated heterocycles.